The Bertz CT molecular complexity index is 855. The normalized spacial score (nSPS) is 12.5. The molecule has 1 aromatic heterocycles. The third kappa shape index (κ3) is 4.44. The molecular weight excluding hydrogens is 317 g/mol. The van der Waals surface area contributed by atoms with E-state index >= 15 is 0 Å². The molecule has 0 radical (unpaired) electrons. The number of benzene rings is 2. The van der Waals surface area contributed by atoms with Crippen molar-refractivity contribution in [2.75, 3.05) is 0 Å². The first kappa shape index (κ1) is 17.1. The van der Waals surface area contributed by atoms with Crippen LogP contribution in [0.4, 0.5) is 4.39 Å². The number of nitrogens with zero attached hydrogens (tertiary/aromatic N) is 1. The molecule has 3 aromatic rings. The molecule has 0 fully saturated rings. The maximum Gasteiger partial charge on any atom is 0.224 e. The molecule has 0 saturated carbocycles. The minimum absolute atomic E-state index is 0.00819. The van der Waals surface area contributed by atoms with Gasteiger partial charge in [-0.25, -0.2) is 4.39 Å². The average molecular weight is 339 g/mol. The second-order valence-corrected chi connectivity index (χ2v) is 6.72. The SMILES string of the molecule is CC(C)[C@@H](Cc1ccc(F)cc1)NC(=O)Cc1ccc2cn[nH]c2c1. The molecule has 130 valence electrons. The quantitative estimate of drug-likeness (QED) is 0.720. The van der Waals surface area contributed by atoms with E-state index in [1.807, 2.05) is 18.2 Å². The number of halogens is 1. The Kier molecular flexibility index (Phi) is 5.12. The van der Waals surface area contributed by atoms with Crippen LogP contribution >= 0.6 is 0 Å². The van der Waals surface area contributed by atoms with Crippen molar-refractivity contribution in [2.24, 2.45) is 5.92 Å². The van der Waals surface area contributed by atoms with Gasteiger partial charge >= 0.3 is 0 Å². The summed E-state index contributed by atoms with van der Waals surface area (Å²) in [5.74, 6) is 0.0202. The predicted molar refractivity (Wildman–Crippen MR) is 96.7 cm³/mol. The van der Waals surface area contributed by atoms with Gasteiger partial charge in [0.25, 0.3) is 0 Å². The van der Waals surface area contributed by atoms with E-state index in [0.29, 0.717) is 12.8 Å². The maximum atomic E-state index is 13.0. The molecule has 0 aliphatic carbocycles. The summed E-state index contributed by atoms with van der Waals surface area (Å²) in [6, 6.07) is 12.3. The molecule has 3 rings (SSSR count). The first-order valence-electron chi connectivity index (χ1n) is 8.47. The molecule has 4 nitrogen and oxygen atoms in total. The summed E-state index contributed by atoms with van der Waals surface area (Å²) in [4.78, 5) is 12.4. The van der Waals surface area contributed by atoms with Crippen molar-refractivity contribution in [3.05, 3.63) is 65.6 Å². The van der Waals surface area contributed by atoms with Gasteiger partial charge < -0.3 is 5.32 Å². The molecule has 0 spiro atoms. The number of rotatable bonds is 6. The standard InChI is InChI=1S/C20H22FN3O/c1-13(2)18(9-14-4-7-17(21)8-5-14)23-20(25)11-15-3-6-16-12-22-24-19(16)10-15/h3-8,10,12-13,18H,9,11H2,1-2H3,(H,22,24)(H,23,25)/t18-/m1/s1. The molecule has 2 N–H and O–H groups in total. The van der Waals surface area contributed by atoms with Crippen molar-refractivity contribution in [1.82, 2.24) is 15.5 Å². The number of fused-ring (bicyclic) bond motifs is 1. The lowest BCUT2D eigenvalue weighted by Gasteiger charge is -2.22. The molecule has 25 heavy (non-hydrogen) atoms. The second kappa shape index (κ2) is 7.47. The molecule has 1 amide bonds. The Balaban J connectivity index is 1.64. The van der Waals surface area contributed by atoms with Gasteiger partial charge in [-0.15, -0.1) is 0 Å². The molecule has 2 aromatic carbocycles. The van der Waals surface area contributed by atoms with Gasteiger partial charge in [0.2, 0.25) is 5.91 Å². The first-order chi connectivity index (χ1) is 12.0. The fraction of sp³-hybridized carbons (Fsp3) is 0.300. The van der Waals surface area contributed by atoms with E-state index in [-0.39, 0.29) is 23.7 Å². The monoisotopic (exact) mass is 339 g/mol. The van der Waals surface area contributed by atoms with Crippen LogP contribution in [-0.2, 0) is 17.6 Å². The Morgan fingerprint density at radius 1 is 1.16 bits per heavy atom. The van der Waals surface area contributed by atoms with Crippen molar-refractivity contribution in [3.8, 4) is 0 Å². The lowest BCUT2D eigenvalue weighted by molar-refractivity contribution is -0.121. The van der Waals surface area contributed by atoms with Crippen LogP contribution in [0.5, 0.6) is 0 Å². The Morgan fingerprint density at radius 3 is 2.60 bits per heavy atom. The van der Waals surface area contributed by atoms with Crippen LogP contribution in [0.3, 0.4) is 0 Å². The van der Waals surface area contributed by atoms with Crippen molar-refractivity contribution in [3.63, 3.8) is 0 Å². The van der Waals surface area contributed by atoms with Crippen LogP contribution in [0.15, 0.2) is 48.7 Å². The fourth-order valence-corrected chi connectivity index (χ4v) is 2.87. The Labute approximate surface area is 146 Å². The van der Waals surface area contributed by atoms with E-state index < -0.39 is 0 Å². The molecule has 0 aliphatic rings. The molecule has 5 heteroatoms. The van der Waals surface area contributed by atoms with Crippen LogP contribution < -0.4 is 5.32 Å². The summed E-state index contributed by atoms with van der Waals surface area (Å²) >= 11 is 0. The number of H-pyrrole nitrogens is 1. The lowest BCUT2D eigenvalue weighted by atomic mass is 9.96. The smallest absolute Gasteiger partial charge is 0.224 e. The molecule has 1 heterocycles. The van der Waals surface area contributed by atoms with Crippen LogP contribution in [0, 0.1) is 11.7 Å². The van der Waals surface area contributed by atoms with E-state index in [0.717, 1.165) is 22.0 Å². The molecule has 1 atom stereocenters. The van der Waals surface area contributed by atoms with Crippen LogP contribution in [-0.4, -0.2) is 22.1 Å². The predicted octanol–water partition coefficient (Wildman–Crippen LogP) is 3.63. The number of amides is 1. The van der Waals surface area contributed by atoms with Crippen LogP contribution in [0.1, 0.15) is 25.0 Å². The lowest BCUT2D eigenvalue weighted by Crippen LogP contribution is -2.40. The minimum atomic E-state index is -0.247. The Hall–Kier alpha value is -2.69. The van der Waals surface area contributed by atoms with Gasteiger partial charge in [0.15, 0.2) is 0 Å². The number of aromatic nitrogens is 2. The topological polar surface area (TPSA) is 57.8 Å². The van der Waals surface area contributed by atoms with Crippen LogP contribution in [0.2, 0.25) is 0 Å². The summed E-state index contributed by atoms with van der Waals surface area (Å²) < 4.78 is 13.0. The maximum absolute atomic E-state index is 13.0. The number of aromatic amines is 1. The minimum Gasteiger partial charge on any atom is -0.352 e. The van der Waals surface area contributed by atoms with Gasteiger partial charge in [-0.3, -0.25) is 9.89 Å². The van der Waals surface area contributed by atoms with E-state index in [2.05, 4.69) is 29.4 Å². The van der Waals surface area contributed by atoms with E-state index in [1.54, 1.807) is 18.3 Å². The van der Waals surface area contributed by atoms with Crippen molar-refractivity contribution in [2.45, 2.75) is 32.7 Å². The number of nitrogens with one attached hydrogen (secondary N) is 2. The highest BCUT2D eigenvalue weighted by Crippen LogP contribution is 2.15. The van der Waals surface area contributed by atoms with Crippen molar-refractivity contribution in [1.29, 1.82) is 0 Å². The van der Waals surface area contributed by atoms with E-state index in [9.17, 15) is 9.18 Å². The van der Waals surface area contributed by atoms with Gasteiger partial charge in [0.1, 0.15) is 5.82 Å². The highest BCUT2D eigenvalue weighted by molar-refractivity contribution is 5.82. The first-order valence-corrected chi connectivity index (χ1v) is 8.47. The molecular formula is C20H22FN3O. The summed E-state index contributed by atoms with van der Waals surface area (Å²) in [5.41, 5.74) is 2.88. The number of hydrogen-bond donors (Lipinski definition) is 2. The zero-order chi connectivity index (χ0) is 17.8. The molecule has 0 saturated heterocycles. The molecule has 0 bridgehead atoms. The van der Waals surface area contributed by atoms with Gasteiger partial charge in [-0.1, -0.05) is 38.1 Å². The number of hydrogen-bond acceptors (Lipinski definition) is 2. The average Bonchev–Trinajstić information content (AvgIpc) is 3.03. The Morgan fingerprint density at radius 2 is 1.88 bits per heavy atom. The van der Waals surface area contributed by atoms with Gasteiger partial charge in [0, 0.05) is 11.4 Å². The zero-order valence-corrected chi connectivity index (χ0v) is 14.4. The largest absolute Gasteiger partial charge is 0.352 e. The number of carbonyl (C=O) groups excluding carboxylic acids is 1. The van der Waals surface area contributed by atoms with Gasteiger partial charge in [-0.05, 0) is 41.7 Å². The van der Waals surface area contributed by atoms with Gasteiger partial charge in [0.05, 0.1) is 18.1 Å². The molecule has 0 unspecified atom stereocenters. The second-order valence-electron chi connectivity index (χ2n) is 6.72. The summed E-state index contributed by atoms with van der Waals surface area (Å²) in [6.45, 7) is 4.15. The summed E-state index contributed by atoms with van der Waals surface area (Å²) in [7, 11) is 0. The van der Waals surface area contributed by atoms with Gasteiger partial charge in [-0.2, -0.15) is 5.10 Å². The van der Waals surface area contributed by atoms with E-state index in [1.165, 1.54) is 12.1 Å². The van der Waals surface area contributed by atoms with Crippen LogP contribution in [0.25, 0.3) is 10.9 Å². The summed E-state index contributed by atoms with van der Waals surface area (Å²) in [5, 5.41) is 11.1. The fourth-order valence-electron chi connectivity index (χ4n) is 2.87. The highest BCUT2D eigenvalue weighted by atomic mass is 19.1. The molecule has 0 aliphatic heterocycles. The third-order valence-corrected chi connectivity index (χ3v) is 4.39. The van der Waals surface area contributed by atoms with Crippen molar-refractivity contribution < 1.29 is 9.18 Å². The summed E-state index contributed by atoms with van der Waals surface area (Å²) in [6.07, 6.45) is 2.77. The van der Waals surface area contributed by atoms with Crippen molar-refractivity contribution >= 4 is 16.8 Å². The zero-order valence-electron chi connectivity index (χ0n) is 14.4. The highest BCUT2D eigenvalue weighted by Gasteiger charge is 2.17. The van der Waals surface area contributed by atoms with E-state index in [4.69, 9.17) is 0 Å². The third-order valence-electron chi connectivity index (χ3n) is 4.39. The number of carbonyl (C=O) groups is 1.